The lowest BCUT2D eigenvalue weighted by Crippen LogP contribution is -2.31. The Labute approximate surface area is 108 Å². The molecule has 0 aromatic carbocycles. The number of nitrogens with zero attached hydrogens (tertiary/aromatic N) is 1. The molecule has 96 valence electrons. The molecule has 0 radical (unpaired) electrons. The third-order valence-corrected chi connectivity index (χ3v) is 4.58. The average Bonchev–Trinajstić information content (AvgIpc) is 2.91. The van der Waals surface area contributed by atoms with Gasteiger partial charge in [-0.15, -0.1) is 11.3 Å². The van der Waals surface area contributed by atoms with E-state index in [2.05, 4.69) is 24.0 Å². The minimum atomic E-state index is 0.399. The van der Waals surface area contributed by atoms with E-state index in [0.29, 0.717) is 18.5 Å². The molecule has 0 aliphatic carbocycles. The number of likely N-dealkylation sites (tertiary alicyclic amines) is 1. The molecule has 17 heavy (non-hydrogen) atoms. The molecule has 4 heteroatoms. The lowest BCUT2D eigenvalue weighted by Gasteiger charge is -2.25. The van der Waals surface area contributed by atoms with Crippen molar-refractivity contribution in [1.82, 2.24) is 4.90 Å². The zero-order valence-electron chi connectivity index (χ0n) is 10.7. The van der Waals surface area contributed by atoms with Gasteiger partial charge in [-0.2, -0.15) is 0 Å². The maximum atomic E-state index is 5.95. The summed E-state index contributed by atoms with van der Waals surface area (Å²) in [6, 6.07) is 4.81. The zero-order valence-corrected chi connectivity index (χ0v) is 11.5. The summed E-state index contributed by atoms with van der Waals surface area (Å²) in [7, 11) is 1.78. The van der Waals surface area contributed by atoms with Gasteiger partial charge in [0.05, 0.1) is 12.6 Å². The number of nitrogens with two attached hydrogens (primary N) is 1. The van der Waals surface area contributed by atoms with Gasteiger partial charge in [0.2, 0.25) is 0 Å². The fourth-order valence-electron chi connectivity index (χ4n) is 2.60. The molecule has 1 saturated heterocycles. The van der Waals surface area contributed by atoms with Crippen molar-refractivity contribution in [3.05, 3.63) is 21.9 Å². The number of hydrogen-bond acceptors (Lipinski definition) is 4. The quantitative estimate of drug-likeness (QED) is 0.874. The van der Waals surface area contributed by atoms with Crippen LogP contribution in [0.4, 0.5) is 0 Å². The van der Waals surface area contributed by atoms with E-state index in [-0.39, 0.29) is 0 Å². The van der Waals surface area contributed by atoms with Crippen molar-refractivity contribution in [2.45, 2.75) is 19.4 Å². The van der Waals surface area contributed by atoms with Gasteiger partial charge in [-0.1, -0.05) is 0 Å². The molecule has 0 spiro atoms. The smallest absolute Gasteiger partial charge is 0.0564 e. The lowest BCUT2D eigenvalue weighted by molar-refractivity contribution is 0.148. The van der Waals surface area contributed by atoms with Gasteiger partial charge in [0, 0.05) is 30.0 Å². The molecule has 0 bridgehead atoms. The Morgan fingerprint density at radius 2 is 2.41 bits per heavy atom. The fraction of sp³-hybridized carbons (Fsp3) is 0.692. The molecule has 2 heterocycles. The first kappa shape index (κ1) is 13.0. The minimum Gasteiger partial charge on any atom is -0.384 e. The van der Waals surface area contributed by atoms with Crippen LogP contribution >= 0.6 is 11.3 Å². The van der Waals surface area contributed by atoms with Gasteiger partial charge < -0.3 is 10.5 Å². The second-order valence-corrected chi connectivity index (χ2v) is 6.12. The standard InChI is InChI=1S/C13H22N2OS/c1-10-3-4-13(17-10)12(7-14)15-6-5-11(8-15)9-16-2/h3-4,11-12H,5-9,14H2,1-2H3. The molecule has 2 atom stereocenters. The second-order valence-electron chi connectivity index (χ2n) is 4.80. The van der Waals surface area contributed by atoms with E-state index in [4.69, 9.17) is 10.5 Å². The molecule has 2 unspecified atom stereocenters. The topological polar surface area (TPSA) is 38.5 Å². The highest BCUT2D eigenvalue weighted by atomic mass is 32.1. The summed E-state index contributed by atoms with van der Waals surface area (Å²) in [4.78, 5) is 5.28. The molecule has 1 aromatic rings. The predicted molar refractivity (Wildman–Crippen MR) is 72.4 cm³/mol. The van der Waals surface area contributed by atoms with Gasteiger partial charge in [0.15, 0.2) is 0 Å². The van der Waals surface area contributed by atoms with Gasteiger partial charge in [-0.05, 0) is 37.9 Å². The van der Waals surface area contributed by atoms with E-state index >= 15 is 0 Å². The Bertz CT molecular complexity index is 353. The molecular weight excluding hydrogens is 232 g/mol. The van der Waals surface area contributed by atoms with E-state index in [0.717, 1.165) is 19.7 Å². The summed E-state index contributed by atoms with van der Waals surface area (Å²) < 4.78 is 5.24. The molecule has 3 nitrogen and oxygen atoms in total. The summed E-state index contributed by atoms with van der Waals surface area (Å²) in [6.07, 6.45) is 1.23. The maximum absolute atomic E-state index is 5.95. The Morgan fingerprint density at radius 3 is 3.00 bits per heavy atom. The van der Waals surface area contributed by atoms with Crippen molar-refractivity contribution in [2.24, 2.45) is 11.7 Å². The largest absolute Gasteiger partial charge is 0.384 e. The molecule has 1 aromatic heterocycles. The normalized spacial score (nSPS) is 23.1. The van der Waals surface area contributed by atoms with E-state index in [1.807, 2.05) is 11.3 Å². The SMILES string of the molecule is COCC1CCN(C(CN)c2ccc(C)s2)C1. The third-order valence-electron chi connectivity index (χ3n) is 3.47. The van der Waals surface area contributed by atoms with Crippen LogP contribution in [0.2, 0.25) is 0 Å². The van der Waals surface area contributed by atoms with Crippen LogP contribution in [0.15, 0.2) is 12.1 Å². The summed E-state index contributed by atoms with van der Waals surface area (Å²) in [6.45, 7) is 6.00. The predicted octanol–water partition coefficient (Wildman–Crippen LogP) is 2.02. The van der Waals surface area contributed by atoms with Crippen LogP contribution in [-0.4, -0.2) is 38.3 Å². The monoisotopic (exact) mass is 254 g/mol. The number of methoxy groups -OCH3 is 1. The minimum absolute atomic E-state index is 0.399. The van der Waals surface area contributed by atoms with E-state index < -0.39 is 0 Å². The van der Waals surface area contributed by atoms with Crippen LogP contribution in [0.25, 0.3) is 0 Å². The van der Waals surface area contributed by atoms with Crippen molar-refractivity contribution in [2.75, 3.05) is 33.4 Å². The second kappa shape index (κ2) is 5.96. The van der Waals surface area contributed by atoms with E-state index in [9.17, 15) is 0 Å². The van der Waals surface area contributed by atoms with Crippen molar-refractivity contribution >= 4 is 11.3 Å². The summed E-state index contributed by atoms with van der Waals surface area (Å²) in [5.74, 6) is 0.676. The number of ether oxygens (including phenoxy) is 1. The van der Waals surface area contributed by atoms with E-state index in [1.165, 1.54) is 16.2 Å². The van der Waals surface area contributed by atoms with Gasteiger partial charge in [-0.3, -0.25) is 4.90 Å². The first-order chi connectivity index (χ1) is 8.24. The Hall–Kier alpha value is -0.420. The van der Waals surface area contributed by atoms with E-state index in [1.54, 1.807) is 7.11 Å². The molecule has 2 rings (SSSR count). The molecule has 0 amide bonds. The number of aryl methyl sites for hydroxylation is 1. The number of hydrogen-bond donors (Lipinski definition) is 1. The third kappa shape index (κ3) is 3.07. The van der Waals surface area contributed by atoms with Gasteiger partial charge in [-0.25, -0.2) is 0 Å². The van der Waals surface area contributed by atoms with Crippen LogP contribution < -0.4 is 5.73 Å². The Balaban J connectivity index is 2.00. The summed E-state index contributed by atoms with van der Waals surface area (Å²) in [5.41, 5.74) is 5.95. The average molecular weight is 254 g/mol. The van der Waals surface area contributed by atoms with Crippen LogP contribution in [0.1, 0.15) is 22.2 Å². The van der Waals surface area contributed by atoms with Crippen molar-refractivity contribution in [1.29, 1.82) is 0 Å². The highest BCUT2D eigenvalue weighted by molar-refractivity contribution is 7.12. The first-order valence-electron chi connectivity index (χ1n) is 6.24. The molecule has 1 fully saturated rings. The summed E-state index contributed by atoms with van der Waals surface area (Å²) in [5, 5.41) is 0. The molecule has 1 aliphatic rings. The van der Waals surface area contributed by atoms with Gasteiger partial charge in [0.1, 0.15) is 0 Å². The molecule has 1 aliphatic heterocycles. The Morgan fingerprint density at radius 1 is 1.59 bits per heavy atom. The summed E-state index contributed by atoms with van der Waals surface area (Å²) >= 11 is 1.87. The molecule has 0 saturated carbocycles. The van der Waals surface area contributed by atoms with Crippen LogP contribution in [-0.2, 0) is 4.74 Å². The Kier molecular flexibility index (Phi) is 4.56. The highest BCUT2D eigenvalue weighted by Gasteiger charge is 2.28. The maximum Gasteiger partial charge on any atom is 0.0564 e. The van der Waals surface area contributed by atoms with Crippen molar-refractivity contribution < 1.29 is 4.74 Å². The fourth-order valence-corrected chi connectivity index (χ4v) is 3.62. The van der Waals surface area contributed by atoms with Crippen LogP contribution in [0, 0.1) is 12.8 Å². The van der Waals surface area contributed by atoms with Crippen LogP contribution in [0.5, 0.6) is 0 Å². The number of thiophene rings is 1. The number of rotatable bonds is 5. The van der Waals surface area contributed by atoms with Gasteiger partial charge >= 0.3 is 0 Å². The van der Waals surface area contributed by atoms with Crippen LogP contribution in [0.3, 0.4) is 0 Å². The first-order valence-corrected chi connectivity index (χ1v) is 7.05. The van der Waals surface area contributed by atoms with Crippen molar-refractivity contribution in [3.8, 4) is 0 Å². The molecular formula is C13H22N2OS. The zero-order chi connectivity index (χ0) is 12.3. The molecule has 2 N–H and O–H groups in total. The highest BCUT2D eigenvalue weighted by Crippen LogP contribution is 2.31. The van der Waals surface area contributed by atoms with Gasteiger partial charge in [0.25, 0.3) is 0 Å². The van der Waals surface area contributed by atoms with Crippen molar-refractivity contribution in [3.63, 3.8) is 0 Å². The lowest BCUT2D eigenvalue weighted by atomic mass is 10.1.